The van der Waals surface area contributed by atoms with Gasteiger partial charge in [0, 0.05) is 23.6 Å². The van der Waals surface area contributed by atoms with Gasteiger partial charge >= 0.3 is 5.69 Å². The summed E-state index contributed by atoms with van der Waals surface area (Å²) in [6.07, 6.45) is 1.22. The molecule has 4 rings (SSSR count). The van der Waals surface area contributed by atoms with Crippen LogP contribution in [0.15, 0.2) is 57.8 Å². The Morgan fingerprint density at radius 1 is 1.10 bits per heavy atom. The van der Waals surface area contributed by atoms with Gasteiger partial charge in [-0.2, -0.15) is 0 Å². The van der Waals surface area contributed by atoms with E-state index in [4.69, 9.17) is 0 Å². The van der Waals surface area contributed by atoms with Gasteiger partial charge in [-0.15, -0.1) is 0 Å². The van der Waals surface area contributed by atoms with Crippen LogP contribution in [0.25, 0.3) is 11.0 Å². The molecule has 0 bridgehead atoms. The molecule has 1 N–H and O–H groups in total. The van der Waals surface area contributed by atoms with Crippen molar-refractivity contribution in [2.75, 3.05) is 18.8 Å². The number of nitrogens with zero attached hydrogens (tertiary/aromatic N) is 2. The lowest BCUT2D eigenvalue weighted by Gasteiger charge is -2.32. The van der Waals surface area contributed by atoms with Crippen molar-refractivity contribution in [2.45, 2.75) is 24.6 Å². The molecule has 0 unspecified atom stereocenters. The molecule has 0 aliphatic carbocycles. The summed E-state index contributed by atoms with van der Waals surface area (Å²) in [4.78, 5) is 29.4. The van der Waals surface area contributed by atoms with Gasteiger partial charge in [-0.1, -0.05) is 40.2 Å². The van der Waals surface area contributed by atoms with Gasteiger partial charge in [-0.3, -0.25) is 9.36 Å². The molecule has 2 heterocycles. The van der Waals surface area contributed by atoms with E-state index in [1.807, 2.05) is 30.3 Å². The van der Waals surface area contributed by atoms with Gasteiger partial charge in [-0.05, 0) is 42.7 Å². The van der Waals surface area contributed by atoms with Crippen LogP contribution in [0, 0.1) is 0 Å². The number of para-hydroxylation sites is 2. The number of aromatic nitrogens is 2. The van der Waals surface area contributed by atoms with E-state index in [-0.39, 0.29) is 23.4 Å². The predicted octanol–water partition coefficient (Wildman–Crippen LogP) is 2.87. The second-order valence-electron chi connectivity index (χ2n) is 7.59. The van der Waals surface area contributed by atoms with Crippen molar-refractivity contribution in [1.82, 2.24) is 14.5 Å². The van der Waals surface area contributed by atoms with Gasteiger partial charge < -0.3 is 9.88 Å². The number of sulfone groups is 1. The van der Waals surface area contributed by atoms with Crippen LogP contribution in [0.2, 0.25) is 0 Å². The first kappa shape index (κ1) is 20.9. The SMILES string of the molecule is O=C(CS(=O)(=O)Cc1cccc(Br)c1)N1CCC(n2c(=O)[nH]c3ccccc32)CC1. The molecule has 0 saturated carbocycles. The fraction of sp³-hybridized carbons (Fsp3) is 0.333. The molecule has 1 aromatic heterocycles. The fourth-order valence-corrected chi connectivity index (χ4v) is 5.82. The highest BCUT2D eigenvalue weighted by atomic mass is 79.9. The maximum Gasteiger partial charge on any atom is 0.326 e. The number of aromatic amines is 1. The number of benzene rings is 2. The summed E-state index contributed by atoms with van der Waals surface area (Å²) in [6, 6.07) is 14.6. The summed E-state index contributed by atoms with van der Waals surface area (Å²) in [7, 11) is -3.56. The van der Waals surface area contributed by atoms with E-state index in [9.17, 15) is 18.0 Å². The summed E-state index contributed by atoms with van der Waals surface area (Å²) in [5.41, 5.74) is 2.13. The first-order chi connectivity index (χ1) is 14.3. The number of halogens is 1. The van der Waals surface area contributed by atoms with Crippen LogP contribution in [0.5, 0.6) is 0 Å². The van der Waals surface area contributed by atoms with E-state index in [2.05, 4.69) is 20.9 Å². The molecule has 30 heavy (non-hydrogen) atoms. The zero-order chi connectivity index (χ0) is 21.3. The molecule has 0 radical (unpaired) electrons. The number of nitrogens with one attached hydrogen (secondary N) is 1. The quantitative estimate of drug-likeness (QED) is 0.593. The van der Waals surface area contributed by atoms with E-state index in [0.717, 1.165) is 15.5 Å². The Kier molecular flexibility index (Phi) is 5.84. The van der Waals surface area contributed by atoms with Crippen molar-refractivity contribution in [1.29, 1.82) is 0 Å². The molecular formula is C21H22BrN3O4S. The van der Waals surface area contributed by atoms with Crippen molar-refractivity contribution in [3.8, 4) is 0 Å². The van der Waals surface area contributed by atoms with Gasteiger partial charge in [0.25, 0.3) is 0 Å². The largest absolute Gasteiger partial charge is 0.342 e. The molecule has 3 aromatic rings. The maximum absolute atomic E-state index is 12.6. The summed E-state index contributed by atoms with van der Waals surface area (Å²) >= 11 is 3.33. The molecule has 1 amide bonds. The molecule has 7 nitrogen and oxygen atoms in total. The molecule has 158 valence electrons. The van der Waals surface area contributed by atoms with Gasteiger partial charge in [-0.25, -0.2) is 13.2 Å². The highest BCUT2D eigenvalue weighted by Gasteiger charge is 2.28. The number of imidazole rings is 1. The first-order valence-corrected chi connectivity index (χ1v) is 12.4. The minimum absolute atomic E-state index is 0.0176. The van der Waals surface area contributed by atoms with Gasteiger partial charge in [0.05, 0.1) is 16.8 Å². The fourth-order valence-electron chi connectivity index (χ4n) is 4.02. The number of hydrogen-bond acceptors (Lipinski definition) is 4. The summed E-state index contributed by atoms with van der Waals surface area (Å²) in [6.45, 7) is 0.865. The first-order valence-electron chi connectivity index (χ1n) is 9.74. The van der Waals surface area contributed by atoms with E-state index in [1.165, 1.54) is 0 Å². The minimum atomic E-state index is -3.56. The highest BCUT2D eigenvalue weighted by Crippen LogP contribution is 2.25. The molecule has 1 fully saturated rings. The van der Waals surface area contributed by atoms with Crippen LogP contribution in [-0.2, 0) is 20.4 Å². The number of rotatable bonds is 5. The molecule has 9 heteroatoms. The summed E-state index contributed by atoms with van der Waals surface area (Å²) in [5, 5.41) is 0. The maximum atomic E-state index is 12.6. The number of piperidine rings is 1. The number of carbonyl (C=O) groups is 1. The van der Waals surface area contributed by atoms with Crippen LogP contribution in [-0.4, -0.2) is 47.6 Å². The Morgan fingerprint density at radius 2 is 1.83 bits per heavy atom. The number of H-pyrrole nitrogens is 1. The molecule has 1 aliphatic heterocycles. The Hall–Kier alpha value is -2.39. The van der Waals surface area contributed by atoms with E-state index >= 15 is 0 Å². The van der Waals surface area contributed by atoms with E-state index in [0.29, 0.717) is 31.5 Å². The van der Waals surface area contributed by atoms with E-state index in [1.54, 1.807) is 27.7 Å². The average molecular weight is 492 g/mol. The number of carbonyl (C=O) groups excluding carboxylic acids is 1. The highest BCUT2D eigenvalue weighted by molar-refractivity contribution is 9.10. The molecular weight excluding hydrogens is 470 g/mol. The van der Waals surface area contributed by atoms with Crippen molar-refractivity contribution < 1.29 is 13.2 Å². The number of amides is 1. The lowest BCUT2D eigenvalue weighted by molar-refractivity contribution is -0.129. The average Bonchev–Trinajstić information content (AvgIpc) is 3.03. The van der Waals surface area contributed by atoms with E-state index < -0.39 is 15.6 Å². The summed E-state index contributed by atoms with van der Waals surface area (Å²) in [5.74, 6) is -1.05. The Balaban J connectivity index is 1.39. The number of hydrogen-bond donors (Lipinski definition) is 1. The van der Waals surface area contributed by atoms with Gasteiger partial charge in [0.2, 0.25) is 5.91 Å². The Labute approximate surface area is 182 Å². The van der Waals surface area contributed by atoms with Crippen molar-refractivity contribution in [3.05, 3.63) is 69.1 Å². The van der Waals surface area contributed by atoms with Crippen LogP contribution in [0.4, 0.5) is 0 Å². The molecule has 1 saturated heterocycles. The van der Waals surface area contributed by atoms with Crippen LogP contribution in [0.3, 0.4) is 0 Å². The van der Waals surface area contributed by atoms with Crippen molar-refractivity contribution in [3.63, 3.8) is 0 Å². The summed E-state index contributed by atoms with van der Waals surface area (Å²) < 4.78 is 27.5. The second-order valence-corrected chi connectivity index (χ2v) is 10.6. The van der Waals surface area contributed by atoms with Gasteiger partial charge in [0.1, 0.15) is 5.75 Å². The molecule has 1 aliphatic rings. The minimum Gasteiger partial charge on any atom is -0.342 e. The monoisotopic (exact) mass is 491 g/mol. The zero-order valence-corrected chi connectivity index (χ0v) is 18.7. The lowest BCUT2D eigenvalue weighted by atomic mass is 10.0. The lowest BCUT2D eigenvalue weighted by Crippen LogP contribution is -2.43. The van der Waals surface area contributed by atoms with Crippen LogP contribution < -0.4 is 5.69 Å². The number of likely N-dealkylation sites (tertiary alicyclic amines) is 1. The molecule has 0 spiro atoms. The topological polar surface area (TPSA) is 92.2 Å². The van der Waals surface area contributed by atoms with Gasteiger partial charge in [0.15, 0.2) is 9.84 Å². The Bertz CT molecular complexity index is 1240. The normalized spacial score (nSPS) is 15.6. The zero-order valence-electron chi connectivity index (χ0n) is 16.3. The predicted molar refractivity (Wildman–Crippen MR) is 119 cm³/mol. The third-order valence-corrected chi connectivity index (χ3v) is 7.38. The second kappa shape index (κ2) is 8.39. The number of fused-ring (bicyclic) bond motifs is 1. The standard InChI is InChI=1S/C21H22BrN3O4S/c22-16-5-3-4-15(12-16)13-30(28,29)14-20(26)24-10-8-17(9-11-24)25-19-7-2-1-6-18(19)23-21(25)27/h1-7,12,17H,8-11,13-14H2,(H,23,27). The third-order valence-electron chi connectivity index (χ3n) is 5.43. The third kappa shape index (κ3) is 4.52. The van der Waals surface area contributed by atoms with Crippen molar-refractivity contribution in [2.24, 2.45) is 0 Å². The van der Waals surface area contributed by atoms with Crippen LogP contribution >= 0.6 is 15.9 Å². The Morgan fingerprint density at radius 3 is 2.57 bits per heavy atom. The van der Waals surface area contributed by atoms with Crippen molar-refractivity contribution >= 4 is 42.7 Å². The smallest absolute Gasteiger partial charge is 0.326 e. The molecule has 2 aromatic carbocycles. The van der Waals surface area contributed by atoms with Crippen LogP contribution in [0.1, 0.15) is 24.4 Å². The molecule has 0 atom stereocenters.